The lowest BCUT2D eigenvalue weighted by Crippen LogP contribution is -2.38. The molecule has 0 spiro atoms. The molecule has 18 heavy (non-hydrogen) atoms. The lowest BCUT2D eigenvalue weighted by molar-refractivity contribution is -0.120. The summed E-state index contributed by atoms with van der Waals surface area (Å²) in [7, 11) is 1.73. The number of hydrogen-bond donors (Lipinski definition) is 3. The van der Waals surface area contributed by atoms with E-state index in [0.717, 1.165) is 0 Å². The molecule has 1 heterocycles. The highest BCUT2D eigenvalue weighted by Gasteiger charge is 2.11. The van der Waals surface area contributed by atoms with Gasteiger partial charge in [0.2, 0.25) is 5.91 Å². The number of carbonyl (C=O) groups is 2. The fourth-order valence-corrected chi connectivity index (χ4v) is 1.45. The number of nitrogens with two attached hydrogens (primary N) is 1. The quantitative estimate of drug-likeness (QED) is 0.695. The Morgan fingerprint density at radius 3 is 2.56 bits per heavy atom. The molecular formula is C12H20N4O2. The third-order valence-corrected chi connectivity index (χ3v) is 2.38. The maximum absolute atomic E-state index is 11.8. The van der Waals surface area contributed by atoms with E-state index in [2.05, 4.69) is 10.6 Å². The number of anilines is 1. The van der Waals surface area contributed by atoms with Crippen molar-refractivity contribution in [2.75, 3.05) is 18.8 Å². The first kappa shape index (κ1) is 14.1. The maximum Gasteiger partial charge on any atom is 0.268 e. The summed E-state index contributed by atoms with van der Waals surface area (Å²) in [6.45, 7) is 4.58. The first-order valence-corrected chi connectivity index (χ1v) is 5.87. The van der Waals surface area contributed by atoms with Crippen molar-refractivity contribution in [1.29, 1.82) is 0 Å². The van der Waals surface area contributed by atoms with Gasteiger partial charge in [0.15, 0.2) is 0 Å². The predicted octanol–water partition coefficient (Wildman–Crippen LogP) is 0.109. The molecule has 6 nitrogen and oxygen atoms in total. The van der Waals surface area contributed by atoms with Crippen LogP contribution in [0.2, 0.25) is 0 Å². The zero-order valence-electron chi connectivity index (χ0n) is 11.0. The Labute approximate surface area is 107 Å². The second-order valence-corrected chi connectivity index (χ2v) is 4.65. The van der Waals surface area contributed by atoms with E-state index in [1.54, 1.807) is 23.9 Å². The van der Waals surface area contributed by atoms with Gasteiger partial charge in [-0.1, -0.05) is 13.8 Å². The molecule has 0 radical (unpaired) electrons. The van der Waals surface area contributed by atoms with Gasteiger partial charge in [-0.2, -0.15) is 0 Å². The molecule has 2 amide bonds. The molecule has 0 saturated carbocycles. The van der Waals surface area contributed by atoms with Gasteiger partial charge >= 0.3 is 0 Å². The summed E-state index contributed by atoms with van der Waals surface area (Å²) in [5.74, 6) is -0.120. The number of carbonyl (C=O) groups excluding carboxylic acids is 2. The van der Waals surface area contributed by atoms with Crippen LogP contribution in [0.4, 0.5) is 5.69 Å². The van der Waals surface area contributed by atoms with Crippen molar-refractivity contribution in [3.8, 4) is 0 Å². The van der Waals surface area contributed by atoms with Crippen LogP contribution in [-0.2, 0) is 11.8 Å². The molecule has 0 fully saturated rings. The van der Waals surface area contributed by atoms with Gasteiger partial charge in [0.05, 0.1) is 12.2 Å². The van der Waals surface area contributed by atoms with Gasteiger partial charge in [-0.05, 0) is 12.0 Å². The first-order chi connectivity index (χ1) is 8.40. The molecule has 0 atom stereocenters. The Kier molecular flexibility index (Phi) is 4.76. The van der Waals surface area contributed by atoms with Crippen LogP contribution in [0.1, 0.15) is 24.3 Å². The number of amides is 2. The molecular weight excluding hydrogens is 232 g/mol. The van der Waals surface area contributed by atoms with Gasteiger partial charge in [0.1, 0.15) is 5.69 Å². The second-order valence-electron chi connectivity index (χ2n) is 4.65. The highest BCUT2D eigenvalue weighted by molar-refractivity contribution is 5.96. The zero-order chi connectivity index (χ0) is 13.7. The third kappa shape index (κ3) is 4.12. The maximum atomic E-state index is 11.8. The normalized spacial score (nSPS) is 10.4. The fourth-order valence-electron chi connectivity index (χ4n) is 1.45. The highest BCUT2D eigenvalue weighted by Crippen LogP contribution is 2.07. The number of nitrogens with zero attached hydrogens (tertiary/aromatic N) is 1. The summed E-state index contributed by atoms with van der Waals surface area (Å²) in [4.78, 5) is 23.2. The Bertz CT molecular complexity index is 437. The summed E-state index contributed by atoms with van der Waals surface area (Å²) in [5.41, 5.74) is 6.53. The van der Waals surface area contributed by atoms with Crippen molar-refractivity contribution in [2.24, 2.45) is 13.0 Å². The summed E-state index contributed by atoms with van der Waals surface area (Å²) in [6, 6.07) is 1.57. The van der Waals surface area contributed by atoms with Gasteiger partial charge in [-0.15, -0.1) is 0 Å². The molecule has 0 aliphatic rings. The molecule has 0 bridgehead atoms. The van der Waals surface area contributed by atoms with Crippen molar-refractivity contribution < 1.29 is 9.59 Å². The summed E-state index contributed by atoms with van der Waals surface area (Å²) < 4.78 is 1.62. The smallest absolute Gasteiger partial charge is 0.268 e. The predicted molar refractivity (Wildman–Crippen MR) is 70.0 cm³/mol. The van der Waals surface area contributed by atoms with Crippen LogP contribution >= 0.6 is 0 Å². The molecule has 0 aliphatic heterocycles. The number of aromatic nitrogens is 1. The van der Waals surface area contributed by atoms with Crippen molar-refractivity contribution in [1.82, 2.24) is 15.2 Å². The average molecular weight is 252 g/mol. The van der Waals surface area contributed by atoms with Crippen LogP contribution in [0.5, 0.6) is 0 Å². The van der Waals surface area contributed by atoms with E-state index in [1.165, 1.54) is 0 Å². The summed E-state index contributed by atoms with van der Waals surface area (Å²) in [5, 5.41) is 5.27. The Hall–Kier alpha value is -1.98. The number of hydrogen-bond acceptors (Lipinski definition) is 3. The van der Waals surface area contributed by atoms with Crippen molar-refractivity contribution in [3.05, 3.63) is 18.0 Å². The lowest BCUT2D eigenvalue weighted by atomic mass is 10.2. The summed E-state index contributed by atoms with van der Waals surface area (Å²) in [6.07, 6.45) is 1.65. The Morgan fingerprint density at radius 1 is 1.39 bits per heavy atom. The van der Waals surface area contributed by atoms with E-state index in [1.807, 2.05) is 13.8 Å². The fraction of sp³-hybridized carbons (Fsp3) is 0.500. The molecule has 6 heteroatoms. The molecule has 4 N–H and O–H groups in total. The molecule has 100 valence electrons. The van der Waals surface area contributed by atoms with Crippen LogP contribution in [0, 0.1) is 5.92 Å². The Morgan fingerprint density at radius 2 is 2.06 bits per heavy atom. The molecule has 0 aliphatic carbocycles. The highest BCUT2D eigenvalue weighted by atomic mass is 16.2. The van der Waals surface area contributed by atoms with Crippen LogP contribution in [0.15, 0.2) is 12.3 Å². The van der Waals surface area contributed by atoms with Gasteiger partial charge in [-0.3, -0.25) is 9.59 Å². The number of nitrogen functional groups attached to an aromatic ring is 1. The standard InChI is InChI=1S/C12H20N4O2/c1-8(2)5-14-11(17)6-15-12(18)10-4-9(13)7-16(10)3/h4,7-8H,5-6,13H2,1-3H3,(H,14,17)(H,15,18). The first-order valence-electron chi connectivity index (χ1n) is 5.87. The third-order valence-electron chi connectivity index (χ3n) is 2.38. The van der Waals surface area contributed by atoms with Crippen LogP contribution in [0.3, 0.4) is 0 Å². The van der Waals surface area contributed by atoms with Crippen molar-refractivity contribution >= 4 is 17.5 Å². The van der Waals surface area contributed by atoms with E-state index in [4.69, 9.17) is 5.73 Å². The molecule has 1 rings (SSSR count). The van der Waals surface area contributed by atoms with E-state index >= 15 is 0 Å². The minimum absolute atomic E-state index is 0.0311. The molecule has 1 aromatic heterocycles. The van der Waals surface area contributed by atoms with Crippen LogP contribution in [0.25, 0.3) is 0 Å². The molecule has 0 saturated heterocycles. The SMILES string of the molecule is CC(C)CNC(=O)CNC(=O)c1cc(N)cn1C. The van der Waals surface area contributed by atoms with E-state index in [9.17, 15) is 9.59 Å². The van der Waals surface area contributed by atoms with Crippen LogP contribution in [-0.4, -0.2) is 29.5 Å². The number of aryl methyl sites for hydroxylation is 1. The van der Waals surface area contributed by atoms with Crippen molar-refractivity contribution in [3.63, 3.8) is 0 Å². The lowest BCUT2D eigenvalue weighted by Gasteiger charge is -2.08. The van der Waals surface area contributed by atoms with E-state index in [-0.39, 0.29) is 18.4 Å². The average Bonchev–Trinajstić information content (AvgIpc) is 2.62. The van der Waals surface area contributed by atoms with Gasteiger partial charge in [0.25, 0.3) is 5.91 Å². The van der Waals surface area contributed by atoms with Crippen molar-refractivity contribution in [2.45, 2.75) is 13.8 Å². The summed E-state index contributed by atoms with van der Waals surface area (Å²) >= 11 is 0. The molecule has 1 aromatic rings. The second kappa shape index (κ2) is 6.09. The largest absolute Gasteiger partial charge is 0.397 e. The zero-order valence-corrected chi connectivity index (χ0v) is 11.0. The van der Waals surface area contributed by atoms with Gasteiger partial charge in [-0.25, -0.2) is 0 Å². The monoisotopic (exact) mass is 252 g/mol. The molecule has 0 unspecified atom stereocenters. The van der Waals surface area contributed by atoms with Gasteiger partial charge in [0, 0.05) is 19.8 Å². The molecule has 0 aromatic carbocycles. The van der Waals surface area contributed by atoms with Crippen LogP contribution < -0.4 is 16.4 Å². The topological polar surface area (TPSA) is 89.2 Å². The van der Waals surface area contributed by atoms with E-state index < -0.39 is 0 Å². The minimum Gasteiger partial charge on any atom is -0.397 e. The number of nitrogens with one attached hydrogen (secondary N) is 2. The van der Waals surface area contributed by atoms with E-state index in [0.29, 0.717) is 23.8 Å². The van der Waals surface area contributed by atoms with Gasteiger partial charge < -0.3 is 20.9 Å². The minimum atomic E-state index is -0.311. The number of rotatable bonds is 5. The Balaban J connectivity index is 2.42.